The Hall–Kier alpha value is -2.56. The van der Waals surface area contributed by atoms with Crippen molar-refractivity contribution in [2.75, 3.05) is 0 Å². The molecule has 0 saturated carbocycles. The second-order valence-electron chi connectivity index (χ2n) is 4.37. The number of amides is 2. The highest BCUT2D eigenvalue weighted by Gasteiger charge is 2.22. The smallest absolute Gasteiger partial charge is 0.231 e. The first-order valence-corrected chi connectivity index (χ1v) is 5.87. The van der Waals surface area contributed by atoms with Gasteiger partial charge in [-0.2, -0.15) is 0 Å². The van der Waals surface area contributed by atoms with Gasteiger partial charge in [0.15, 0.2) is 0 Å². The van der Waals surface area contributed by atoms with Crippen molar-refractivity contribution in [2.45, 2.75) is 13.8 Å². The summed E-state index contributed by atoms with van der Waals surface area (Å²) in [5.74, 6) is -0.317. The van der Waals surface area contributed by atoms with Crippen molar-refractivity contribution in [2.24, 2.45) is 9.98 Å². The Bertz CT molecular complexity index is 774. The van der Waals surface area contributed by atoms with Gasteiger partial charge in [-0.25, -0.2) is 9.89 Å². The highest BCUT2D eigenvalue weighted by Crippen LogP contribution is 2.17. The summed E-state index contributed by atoms with van der Waals surface area (Å²) in [6.45, 7) is 2.70. The van der Waals surface area contributed by atoms with Crippen LogP contribution in [0.25, 0.3) is 12.2 Å². The van der Waals surface area contributed by atoms with Crippen LogP contribution in [0, 0.1) is 0 Å². The molecule has 3 rings (SSSR count). The number of imide groups is 1. The Morgan fingerprint density at radius 3 is 2.58 bits per heavy atom. The van der Waals surface area contributed by atoms with Crippen molar-refractivity contribution in [3.05, 3.63) is 34.1 Å². The van der Waals surface area contributed by atoms with Gasteiger partial charge in [0.1, 0.15) is 5.82 Å². The third-order valence-corrected chi connectivity index (χ3v) is 3.05. The number of aliphatic imine (C=N–C) groups is 1. The molecule has 1 aromatic carbocycles. The topological polar surface area (TPSA) is 62.1 Å². The number of fused-ring (bicyclic) bond motifs is 3. The highest BCUT2D eigenvalue weighted by molar-refractivity contribution is 5.98. The third-order valence-electron chi connectivity index (χ3n) is 3.05. The number of hydrogen-bond acceptors (Lipinski definition) is 4. The van der Waals surface area contributed by atoms with E-state index in [0.29, 0.717) is 5.82 Å². The first kappa shape index (κ1) is 11.5. The van der Waals surface area contributed by atoms with E-state index < -0.39 is 0 Å². The molecule has 2 amide bonds. The minimum atomic E-state index is -0.341. The predicted octanol–water partition coefficient (Wildman–Crippen LogP) is 0.510. The summed E-state index contributed by atoms with van der Waals surface area (Å²) < 4.78 is 0. The summed E-state index contributed by atoms with van der Waals surface area (Å²) in [5, 5.41) is 1.69. The molecule has 2 aliphatic heterocycles. The number of carbonyl (C=O) groups is 2. The van der Waals surface area contributed by atoms with Crippen LogP contribution in [0.15, 0.2) is 27.9 Å². The summed E-state index contributed by atoms with van der Waals surface area (Å²) in [7, 11) is 0. The molecule has 0 N–H and O–H groups in total. The van der Waals surface area contributed by atoms with Crippen LogP contribution in [-0.4, -0.2) is 22.9 Å². The molecule has 0 fully saturated rings. The molecule has 5 heteroatoms. The van der Waals surface area contributed by atoms with Gasteiger partial charge in [0.05, 0.1) is 11.0 Å². The lowest BCUT2D eigenvalue weighted by Crippen LogP contribution is -2.32. The number of benzene rings is 1. The van der Waals surface area contributed by atoms with E-state index in [1.165, 1.54) is 13.8 Å². The number of rotatable bonds is 1. The van der Waals surface area contributed by atoms with Crippen molar-refractivity contribution in [3.8, 4) is 0 Å². The average molecular weight is 253 g/mol. The molecule has 0 saturated heterocycles. The van der Waals surface area contributed by atoms with Gasteiger partial charge in [0.25, 0.3) is 0 Å². The molecule has 1 aromatic rings. The molecule has 5 nitrogen and oxygen atoms in total. The zero-order chi connectivity index (χ0) is 13.6. The monoisotopic (exact) mass is 253 g/mol. The van der Waals surface area contributed by atoms with E-state index in [1.54, 1.807) is 12.3 Å². The lowest BCUT2D eigenvalue weighted by molar-refractivity contribution is -0.139. The minimum Gasteiger partial charge on any atom is -0.274 e. The summed E-state index contributed by atoms with van der Waals surface area (Å²) in [6.07, 6.45) is 5.33. The van der Waals surface area contributed by atoms with Gasteiger partial charge >= 0.3 is 0 Å². The quantitative estimate of drug-likeness (QED) is 0.732. The van der Waals surface area contributed by atoms with Gasteiger partial charge in [-0.05, 0) is 18.2 Å². The van der Waals surface area contributed by atoms with E-state index in [9.17, 15) is 9.59 Å². The van der Waals surface area contributed by atoms with E-state index in [4.69, 9.17) is 0 Å². The van der Waals surface area contributed by atoms with Crippen molar-refractivity contribution >= 4 is 35.9 Å². The molecular formula is C14H11N3O2. The molecule has 19 heavy (non-hydrogen) atoms. The molecule has 0 unspecified atom stereocenters. The van der Waals surface area contributed by atoms with Gasteiger partial charge in [-0.1, -0.05) is 6.07 Å². The van der Waals surface area contributed by atoms with E-state index in [-0.39, 0.29) is 11.8 Å². The van der Waals surface area contributed by atoms with Crippen LogP contribution in [0.3, 0.4) is 0 Å². The van der Waals surface area contributed by atoms with Gasteiger partial charge in [0, 0.05) is 30.8 Å². The lowest BCUT2D eigenvalue weighted by Gasteiger charge is -2.15. The zero-order valence-electron chi connectivity index (χ0n) is 10.5. The Morgan fingerprint density at radius 2 is 1.89 bits per heavy atom. The number of hydrogen-bond donors (Lipinski definition) is 0. The lowest BCUT2D eigenvalue weighted by atomic mass is 10.1. The van der Waals surface area contributed by atoms with Crippen molar-refractivity contribution in [1.29, 1.82) is 0 Å². The Labute approximate surface area is 109 Å². The summed E-state index contributed by atoms with van der Waals surface area (Å²) >= 11 is 0. The maximum Gasteiger partial charge on any atom is 0.231 e. The first-order valence-electron chi connectivity index (χ1n) is 5.87. The molecule has 0 spiro atoms. The van der Waals surface area contributed by atoms with Crippen LogP contribution in [0.4, 0.5) is 5.69 Å². The van der Waals surface area contributed by atoms with E-state index in [2.05, 4.69) is 9.98 Å². The molecule has 0 atom stereocenters. The normalized spacial score (nSPS) is 14.1. The Kier molecular flexibility index (Phi) is 2.41. The van der Waals surface area contributed by atoms with Crippen LogP contribution in [-0.2, 0) is 9.59 Å². The summed E-state index contributed by atoms with van der Waals surface area (Å²) in [4.78, 5) is 32.7. The van der Waals surface area contributed by atoms with E-state index in [1.807, 2.05) is 18.2 Å². The molecule has 94 valence electrons. The number of nitrogens with zero attached hydrogens (tertiary/aromatic N) is 3. The Morgan fingerprint density at radius 1 is 1.16 bits per heavy atom. The summed E-state index contributed by atoms with van der Waals surface area (Å²) in [6, 6.07) is 3.79. The standard InChI is InChI=1S/C14H11N3O2/c1-8(18)17(9(2)19)13-7-10-3-4-12-11(5-6-15-12)14(10)16-13/h3-7H,1-2H3. The van der Waals surface area contributed by atoms with Gasteiger partial charge in [-0.15, -0.1) is 0 Å². The van der Waals surface area contributed by atoms with Crippen molar-refractivity contribution < 1.29 is 9.59 Å². The van der Waals surface area contributed by atoms with Crippen LogP contribution in [0.1, 0.15) is 19.4 Å². The van der Waals surface area contributed by atoms with Crippen LogP contribution in [0.5, 0.6) is 0 Å². The van der Waals surface area contributed by atoms with Gasteiger partial charge in [0.2, 0.25) is 11.8 Å². The Balaban J connectivity index is 2.16. The van der Waals surface area contributed by atoms with E-state index >= 15 is 0 Å². The van der Waals surface area contributed by atoms with Gasteiger partial charge < -0.3 is 0 Å². The molecule has 2 aliphatic rings. The molecule has 2 heterocycles. The average Bonchev–Trinajstić information content (AvgIpc) is 2.90. The van der Waals surface area contributed by atoms with Crippen molar-refractivity contribution in [1.82, 2.24) is 4.90 Å². The first-order chi connectivity index (χ1) is 9.08. The largest absolute Gasteiger partial charge is 0.274 e. The zero-order valence-corrected chi connectivity index (χ0v) is 10.5. The summed E-state index contributed by atoms with van der Waals surface area (Å²) in [5.41, 5.74) is 1.75. The predicted molar refractivity (Wildman–Crippen MR) is 71.0 cm³/mol. The third kappa shape index (κ3) is 1.71. The fourth-order valence-electron chi connectivity index (χ4n) is 2.27. The number of carbonyl (C=O) groups excluding carboxylic acids is 2. The van der Waals surface area contributed by atoms with Crippen molar-refractivity contribution in [3.63, 3.8) is 0 Å². The maximum absolute atomic E-state index is 11.5. The molecule has 0 radical (unpaired) electrons. The minimum absolute atomic E-state index is 0.341. The van der Waals surface area contributed by atoms with E-state index in [0.717, 1.165) is 26.7 Å². The fourth-order valence-corrected chi connectivity index (χ4v) is 2.27. The maximum atomic E-state index is 11.5. The van der Waals surface area contributed by atoms with Gasteiger partial charge in [-0.3, -0.25) is 14.6 Å². The second kappa shape index (κ2) is 3.98. The van der Waals surface area contributed by atoms with Crippen LogP contribution < -0.4 is 10.6 Å². The molecule has 0 aliphatic carbocycles. The molecule has 0 bridgehead atoms. The van der Waals surface area contributed by atoms with Crippen LogP contribution >= 0.6 is 0 Å². The molecular weight excluding hydrogens is 242 g/mol. The molecule has 0 aromatic heterocycles. The van der Waals surface area contributed by atoms with Crippen LogP contribution in [0.2, 0.25) is 0 Å². The second-order valence-corrected chi connectivity index (χ2v) is 4.37. The highest BCUT2D eigenvalue weighted by atomic mass is 16.2. The SMILES string of the molecule is CC(=O)N(C(C)=O)C1=Cc2ccc3c(c2=N1)=CC=N3. The fraction of sp³-hybridized carbons (Fsp3) is 0.143.